The van der Waals surface area contributed by atoms with Gasteiger partial charge in [0.1, 0.15) is 17.3 Å². The van der Waals surface area contributed by atoms with Crippen LogP contribution in [0, 0.1) is 0 Å². The Morgan fingerprint density at radius 3 is 2.50 bits per heavy atom. The minimum Gasteiger partial charge on any atom is -0.497 e. The Balaban J connectivity index is 1.53. The van der Waals surface area contributed by atoms with Gasteiger partial charge in [-0.05, 0) is 49.2 Å². The zero-order chi connectivity index (χ0) is 18.6. The lowest BCUT2D eigenvalue weighted by Crippen LogP contribution is -2.44. The van der Waals surface area contributed by atoms with Crippen LogP contribution >= 0.6 is 0 Å². The number of sulfone groups is 1. The second-order valence-corrected chi connectivity index (χ2v) is 8.51. The van der Waals surface area contributed by atoms with Crippen LogP contribution in [0.1, 0.15) is 18.6 Å². The fourth-order valence-corrected chi connectivity index (χ4v) is 4.73. The fourth-order valence-electron chi connectivity index (χ4n) is 3.01. The number of hydrogen-bond acceptors (Lipinski definition) is 5. The zero-order valence-electron chi connectivity index (χ0n) is 14.6. The van der Waals surface area contributed by atoms with Crippen LogP contribution in [-0.4, -0.2) is 44.8 Å². The van der Waals surface area contributed by atoms with Crippen LogP contribution in [0.4, 0.5) is 10.5 Å². The third kappa shape index (κ3) is 4.37. The number of rotatable bonds is 5. The van der Waals surface area contributed by atoms with Gasteiger partial charge in [-0.2, -0.15) is 0 Å². The van der Waals surface area contributed by atoms with E-state index in [2.05, 4.69) is 5.32 Å². The van der Waals surface area contributed by atoms with Gasteiger partial charge in [0.25, 0.3) is 0 Å². The number of methoxy groups -OCH3 is 1. The molecular weight excluding hydrogens is 356 g/mol. The number of likely N-dealkylation sites (tertiary alicyclic amines) is 1. The molecule has 1 N–H and O–H groups in total. The number of amides is 2. The molecule has 1 aliphatic rings. The first-order valence-corrected chi connectivity index (χ1v) is 10.1. The molecule has 0 radical (unpaired) electrons. The SMILES string of the molecule is COc1ccc(NC(=O)N2CCC(S(=O)(=O)Cc3ccco3)CC2)cc1. The average molecular weight is 378 g/mol. The highest BCUT2D eigenvalue weighted by molar-refractivity contribution is 7.91. The van der Waals surface area contributed by atoms with Crippen molar-refractivity contribution in [3.8, 4) is 5.75 Å². The molecular formula is C18H22N2O5S. The highest BCUT2D eigenvalue weighted by Crippen LogP contribution is 2.23. The molecule has 2 amide bonds. The Morgan fingerprint density at radius 2 is 1.92 bits per heavy atom. The van der Waals surface area contributed by atoms with E-state index in [1.54, 1.807) is 48.4 Å². The monoisotopic (exact) mass is 378 g/mol. The molecule has 0 bridgehead atoms. The minimum absolute atomic E-state index is 0.0945. The molecule has 3 rings (SSSR count). The minimum atomic E-state index is -3.29. The van der Waals surface area contributed by atoms with Gasteiger partial charge in [0, 0.05) is 18.8 Å². The van der Waals surface area contributed by atoms with Crippen LogP contribution in [0.3, 0.4) is 0 Å². The number of benzene rings is 1. The maximum absolute atomic E-state index is 12.5. The Kier molecular flexibility index (Phi) is 5.51. The van der Waals surface area contributed by atoms with Crippen molar-refractivity contribution in [1.82, 2.24) is 4.90 Å². The number of carbonyl (C=O) groups excluding carboxylic acids is 1. The van der Waals surface area contributed by atoms with Gasteiger partial charge in [-0.1, -0.05) is 0 Å². The summed E-state index contributed by atoms with van der Waals surface area (Å²) in [5, 5.41) is 2.37. The maximum atomic E-state index is 12.5. The molecule has 0 atom stereocenters. The first kappa shape index (κ1) is 18.3. The van der Waals surface area contributed by atoms with Gasteiger partial charge in [-0.15, -0.1) is 0 Å². The molecule has 0 unspecified atom stereocenters. The summed E-state index contributed by atoms with van der Waals surface area (Å²) in [6.07, 6.45) is 2.33. The topological polar surface area (TPSA) is 88.9 Å². The summed E-state index contributed by atoms with van der Waals surface area (Å²) in [7, 11) is -1.71. The number of anilines is 1. The molecule has 1 fully saturated rings. The molecule has 1 aromatic carbocycles. The second kappa shape index (κ2) is 7.82. The summed E-state index contributed by atoms with van der Waals surface area (Å²) in [5.74, 6) is 1.07. The van der Waals surface area contributed by atoms with Crippen LogP contribution in [0.15, 0.2) is 47.1 Å². The summed E-state index contributed by atoms with van der Waals surface area (Å²) in [5.41, 5.74) is 0.670. The van der Waals surface area contributed by atoms with Crippen molar-refractivity contribution in [2.24, 2.45) is 0 Å². The van der Waals surface area contributed by atoms with Crippen LogP contribution in [-0.2, 0) is 15.6 Å². The van der Waals surface area contributed by atoms with E-state index in [1.807, 2.05) is 0 Å². The largest absolute Gasteiger partial charge is 0.497 e. The van der Waals surface area contributed by atoms with Crippen LogP contribution in [0.2, 0.25) is 0 Å². The van der Waals surface area contributed by atoms with E-state index in [0.29, 0.717) is 43.1 Å². The summed E-state index contributed by atoms with van der Waals surface area (Å²) >= 11 is 0. The van der Waals surface area contributed by atoms with Gasteiger partial charge in [-0.25, -0.2) is 13.2 Å². The normalized spacial score (nSPS) is 15.7. The standard InChI is InChI=1S/C18H22N2O5S/c1-24-15-6-4-14(5-7-15)19-18(21)20-10-8-17(9-11-20)26(22,23)13-16-3-2-12-25-16/h2-7,12,17H,8-11,13H2,1H3,(H,19,21). The number of urea groups is 1. The molecule has 1 saturated heterocycles. The van der Waals surface area contributed by atoms with Crippen molar-refractivity contribution in [2.45, 2.75) is 23.8 Å². The van der Waals surface area contributed by atoms with Gasteiger partial charge < -0.3 is 19.4 Å². The number of furan rings is 1. The van der Waals surface area contributed by atoms with E-state index in [0.717, 1.165) is 0 Å². The number of nitrogens with zero attached hydrogens (tertiary/aromatic N) is 1. The van der Waals surface area contributed by atoms with E-state index in [9.17, 15) is 13.2 Å². The quantitative estimate of drug-likeness (QED) is 0.864. The first-order chi connectivity index (χ1) is 12.5. The highest BCUT2D eigenvalue weighted by Gasteiger charge is 2.32. The first-order valence-electron chi connectivity index (χ1n) is 8.42. The predicted molar refractivity (Wildman–Crippen MR) is 97.9 cm³/mol. The summed E-state index contributed by atoms with van der Waals surface area (Å²) in [6, 6.07) is 10.2. The van der Waals surface area contributed by atoms with Gasteiger partial charge >= 0.3 is 6.03 Å². The highest BCUT2D eigenvalue weighted by atomic mass is 32.2. The lowest BCUT2D eigenvalue weighted by atomic mass is 10.1. The predicted octanol–water partition coefficient (Wildman–Crippen LogP) is 2.90. The Labute approximate surface area is 152 Å². The van der Waals surface area contributed by atoms with E-state index in [-0.39, 0.29) is 11.8 Å². The lowest BCUT2D eigenvalue weighted by Gasteiger charge is -2.31. The van der Waals surface area contributed by atoms with Gasteiger partial charge in [0.2, 0.25) is 0 Å². The molecule has 2 aromatic rings. The van der Waals surface area contributed by atoms with Crippen LogP contribution < -0.4 is 10.1 Å². The number of hydrogen-bond donors (Lipinski definition) is 1. The van der Waals surface area contributed by atoms with Gasteiger partial charge in [0.15, 0.2) is 9.84 Å². The number of piperidine rings is 1. The molecule has 2 heterocycles. The number of ether oxygens (including phenoxy) is 1. The molecule has 7 nitrogen and oxygen atoms in total. The molecule has 0 spiro atoms. The zero-order valence-corrected chi connectivity index (χ0v) is 15.4. The maximum Gasteiger partial charge on any atom is 0.321 e. The Bertz CT molecular complexity index is 823. The summed E-state index contributed by atoms with van der Waals surface area (Å²) in [6.45, 7) is 0.814. The number of nitrogens with one attached hydrogen (secondary N) is 1. The van der Waals surface area contributed by atoms with Gasteiger partial charge in [-0.3, -0.25) is 0 Å². The van der Waals surface area contributed by atoms with Crippen molar-refractivity contribution < 1.29 is 22.4 Å². The molecule has 0 aliphatic carbocycles. The smallest absolute Gasteiger partial charge is 0.321 e. The van der Waals surface area contributed by atoms with E-state index < -0.39 is 15.1 Å². The van der Waals surface area contributed by atoms with E-state index in [4.69, 9.17) is 9.15 Å². The summed E-state index contributed by atoms with van der Waals surface area (Å²) in [4.78, 5) is 14.0. The van der Waals surface area contributed by atoms with E-state index >= 15 is 0 Å². The summed E-state index contributed by atoms with van der Waals surface area (Å²) < 4.78 is 35.2. The Hall–Kier alpha value is -2.48. The molecule has 8 heteroatoms. The molecule has 1 aromatic heterocycles. The van der Waals surface area contributed by atoms with E-state index in [1.165, 1.54) is 6.26 Å². The Morgan fingerprint density at radius 1 is 1.23 bits per heavy atom. The van der Waals surface area contributed by atoms with Crippen molar-refractivity contribution in [3.63, 3.8) is 0 Å². The van der Waals surface area contributed by atoms with Gasteiger partial charge in [0.05, 0.1) is 18.6 Å². The molecule has 0 saturated carbocycles. The van der Waals surface area contributed by atoms with Crippen molar-refractivity contribution in [3.05, 3.63) is 48.4 Å². The number of carbonyl (C=O) groups is 1. The van der Waals surface area contributed by atoms with Crippen molar-refractivity contribution in [1.29, 1.82) is 0 Å². The third-order valence-corrected chi connectivity index (χ3v) is 6.68. The van der Waals surface area contributed by atoms with Crippen molar-refractivity contribution in [2.75, 3.05) is 25.5 Å². The van der Waals surface area contributed by atoms with Crippen LogP contribution in [0.5, 0.6) is 5.75 Å². The average Bonchev–Trinajstić information content (AvgIpc) is 3.14. The molecule has 140 valence electrons. The third-order valence-electron chi connectivity index (χ3n) is 4.50. The fraction of sp³-hybridized carbons (Fsp3) is 0.389. The molecule has 26 heavy (non-hydrogen) atoms. The molecule has 1 aliphatic heterocycles. The second-order valence-electron chi connectivity index (χ2n) is 6.23. The van der Waals surface area contributed by atoms with Crippen LogP contribution in [0.25, 0.3) is 0 Å². The lowest BCUT2D eigenvalue weighted by molar-refractivity contribution is 0.200. The van der Waals surface area contributed by atoms with Crippen molar-refractivity contribution >= 4 is 21.6 Å².